The van der Waals surface area contributed by atoms with E-state index in [1.54, 1.807) is 23.9 Å². The van der Waals surface area contributed by atoms with Crippen molar-refractivity contribution in [2.24, 2.45) is 0 Å². The van der Waals surface area contributed by atoms with Crippen molar-refractivity contribution in [1.82, 2.24) is 10.9 Å². The molecule has 0 aliphatic carbocycles. The van der Waals surface area contributed by atoms with Gasteiger partial charge in [-0.05, 0) is 25.3 Å². The first-order chi connectivity index (χ1) is 8.04. The number of nitrogens with one attached hydrogen (secondary N) is 2. The van der Waals surface area contributed by atoms with Crippen molar-refractivity contribution in [3.05, 3.63) is 29.8 Å². The predicted octanol–water partition coefficient (Wildman–Crippen LogP) is 1.28. The van der Waals surface area contributed by atoms with Crippen LogP contribution < -0.4 is 10.9 Å². The third kappa shape index (κ3) is 2.65. The fourth-order valence-corrected chi connectivity index (χ4v) is 3.96. The van der Waals surface area contributed by atoms with Crippen molar-refractivity contribution in [3.8, 4) is 0 Å². The summed E-state index contributed by atoms with van der Waals surface area (Å²) in [5.74, 6) is 0. The zero-order valence-corrected chi connectivity index (χ0v) is 11.4. The molecule has 4 nitrogen and oxygen atoms in total. The Labute approximate surface area is 106 Å². The van der Waals surface area contributed by atoms with Crippen molar-refractivity contribution in [2.45, 2.75) is 29.0 Å². The Bertz CT molecular complexity index is 485. The molecular weight excluding hydrogens is 256 g/mol. The van der Waals surface area contributed by atoms with Gasteiger partial charge in [0.2, 0.25) is 0 Å². The maximum absolute atomic E-state index is 12.3. The van der Waals surface area contributed by atoms with Crippen LogP contribution in [0.3, 0.4) is 0 Å². The van der Waals surface area contributed by atoms with Crippen LogP contribution in [0.2, 0.25) is 0 Å². The van der Waals surface area contributed by atoms with E-state index in [1.165, 1.54) is 0 Å². The van der Waals surface area contributed by atoms with Gasteiger partial charge in [0.25, 0.3) is 0 Å². The lowest BCUT2D eigenvalue weighted by Crippen LogP contribution is -2.36. The Hall–Kier alpha value is -0.560. The Kier molecular flexibility index (Phi) is 3.77. The topological polar surface area (TPSA) is 58.2 Å². The van der Waals surface area contributed by atoms with Crippen molar-refractivity contribution in [1.29, 1.82) is 0 Å². The lowest BCUT2D eigenvalue weighted by atomic mass is 10.2. The van der Waals surface area contributed by atoms with E-state index in [4.69, 9.17) is 0 Å². The van der Waals surface area contributed by atoms with E-state index in [-0.39, 0.29) is 5.37 Å². The summed E-state index contributed by atoms with van der Waals surface area (Å²) in [4.78, 5) is 0.379. The molecule has 1 aromatic rings. The number of aryl methyl sites for hydroxylation is 1. The first-order valence-corrected chi connectivity index (χ1v) is 8.22. The molecule has 2 N–H and O–H groups in total. The molecule has 17 heavy (non-hydrogen) atoms. The van der Waals surface area contributed by atoms with Gasteiger partial charge in [0.05, 0.1) is 10.3 Å². The summed E-state index contributed by atoms with van der Waals surface area (Å²) < 4.78 is 24.6. The molecule has 1 aromatic carbocycles. The molecule has 0 spiro atoms. The van der Waals surface area contributed by atoms with E-state index >= 15 is 0 Å². The molecule has 0 aromatic heterocycles. The largest absolute Gasteiger partial charge is 0.243 e. The molecule has 1 aliphatic heterocycles. The molecule has 0 saturated carbocycles. The average molecular weight is 272 g/mol. The zero-order chi connectivity index (χ0) is 12.5. The molecule has 0 bridgehead atoms. The summed E-state index contributed by atoms with van der Waals surface area (Å²) in [6.45, 7) is 1.94. The summed E-state index contributed by atoms with van der Waals surface area (Å²) in [7, 11) is -3.29. The van der Waals surface area contributed by atoms with Crippen LogP contribution in [-0.2, 0) is 9.84 Å². The lowest BCUT2D eigenvalue weighted by molar-refractivity contribution is 0.560. The molecule has 1 saturated heterocycles. The maximum Gasteiger partial charge on any atom is 0.195 e. The minimum Gasteiger partial charge on any atom is -0.243 e. The Morgan fingerprint density at radius 1 is 1.24 bits per heavy atom. The summed E-state index contributed by atoms with van der Waals surface area (Å²) in [6, 6.07) is 6.97. The second kappa shape index (κ2) is 4.97. The highest BCUT2D eigenvalue weighted by molar-refractivity contribution is 7.99. The Morgan fingerprint density at radius 3 is 2.41 bits per heavy atom. The van der Waals surface area contributed by atoms with Gasteiger partial charge in [0.1, 0.15) is 5.37 Å². The normalized spacial score (nSPS) is 25.1. The highest BCUT2D eigenvalue weighted by atomic mass is 32.2. The SMILES string of the molecule is CSC1CC(S(=O)(=O)c2ccc(C)cc2)NN1. The van der Waals surface area contributed by atoms with Crippen LogP contribution in [0.1, 0.15) is 12.0 Å². The molecule has 2 unspecified atom stereocenters. The third-order valence-corrected chi connectivity index (χ3v) is 5.71. The van der Waals surface area contributed by atoms with Crippen molar-refractivity contribution in [3.63, 3.8) is 0 Å². The first-order valence-electron chi connectivity index (χ1n) is 5.38. The molecule has 1 aliphatic rings. The van der Waals surface area contributed by atoms with Crippen LogP contribution >= 0.6 is 11.8 Å². The second-order valence-electron chi connectivity index (χ2n) is 4.10. The number of hydrazine groups is 1. The fraction of sp³-hybridized carbons (Fsp3) is 0.455. The van der Waals surface area contributed by atoms with Crippen molar-refractivity contribution in [2.75, 3.05) is 6.26 Å². The van der Waals surface area contributed by atoms with Crippen LogP contribution in [0.5, 0.6) is 0 Å². The summed E-state index contributed by atoms with van der Waals surface area (Å²) in [6.07, 6.45) is 2.54. The van der Waals surface area contributed by atoms with Gasteiger partial charge in [0, 0.05) is 6.42 Å². The van der Waals surface area contributed by atoms with E-state index in [0.29, 0.717) is 11.3 Å². The molecule has 1 fully saturated rings. The quantitative estimate of drug-likeness (QED) is 0.868. The highest BCUT2D eigenvalue weighted by Gasteiger charge is 2.34. The number of sulfone groups is 1. The van der Waals surface area contributed by atoms with Crippen molar-refractivity contribution >= 4 is 21.6 Å². The molecule has 0 amide bonds. The number of benzene rings is 1. The smallest absolute Gasteiger partial charge is 0.195 e. The Balaban J connectivity index is 2.22. The number of hydrogen-bond acceptors (Lipinski definition) is 5. The van der Waals surface area contributed by atoms with Crippen LogP contribution in [0.25, 0.3) is 0 Å². The van der Waals surface area contributed by atoms with Crippen LogP contribution in [-0.4, -0.2) is 25.4 Å². The first kappa shape index (κ1) is 12.9. The van der Waals surface area contributed by atoms with Gasteiger partial charge in [0.15, 0.2) is 9.84 Å². The van der Waals surface area contributed by atoms with Gasteiger partial charge in [-0.3, -0.25) is 0 Å². The summed E-state index contributed by atoms with van der Waals surface area (Å²) in [5.41, 5.74) is 6.89. The minimum atomic E-state index is -3.29. The lowest BCUT2D eigenvalue weighted by Gasteiger charge is -2.11. The number of thioether (sulfide) groups is 1. The predicted molar refractivity (Wildman–Crippen MR) is 70.3 cm³/mol. The van der Waals surface area contributed by atoms with E-state index in [2.05, 4.69) is 10.9 Å². The number of hydrogen-bond donors (Lipinski definition) is 2. The zero-order valence-electron chi connectivity index (χ0n) is 9.80. The third-order valence-electron chi connectivity index (χ3n) is 2.84. The van der Waals surface area contributed by atoms with Crippen LogP contribution in [0.4, 0.5) is 0 Å². The van der Waals surface area contributed by atoms with Crippen molar-refractivity contribution < 1.29 is 8.42 Å². The van der Waals surface area contributed by atoms with E-state index in [0.717, 1.165) is 5.56 Å². The van der Waals surface area contributed by atoms with Gasteiger partial charge < -0.3 is 0 Å². The fourth-order valence-electron chi connectivity index (χ4n) is 1.75. The van der Waals surface area contributed by atoms with Gasteiger partial charge >= 0.3 is 0 Å². The number of rotatable bonds is 3. The molecule has 1 heterocycles. The van der Waals surface area contributed by atoms with Crippen LogP contribution in [0.15, 0.2) is 29.2 Å². The van der Waals surface area contributed by atoms with Gasteiger partial charge in [-0.25, -0.2) is 19.3 Å². The van der Waals surface area contributed by atoms with E-state index < -0.39 is 15.2 Å². The molecule has 2 atom stereocenters. The summed E-state index contributed by atoms with van der Waals surface area (Å²) in [5, 5.41) is -0.386. The second-order valence-corrected chi connectivity index (χ2v) is 7.27. The monoisotopic (exact) mass is 272 g/mol. The van der Waals surface area contributed by atoms with Crippen LogP contribution in [0, 0.1) is 6.92 Å². The highest BCUT2D eigenvalue weighted by Crippen LogP contribution is 2.23. The summed E-state index contributed by atoms with van der Waals surface area (Å²) >= 11 is 1.61. The maximum atomic E-state index is 12.3. The van der Waals surface area contributed by atoms with Gasteiger partial charge in [-0.2, -0.15) is 0 Å². The van der Waals surface area contributed by atoms with E-state index in [9.17, 15) is 8.42 Å². The molecule has 0 radical (unpaired) electrons. The minimum absolute atomic E-state index is 0.153. The van der Waals surface area contributed by atoms with E-state index in [1.807, 2.05) is 25.3 Å². The average Bonchev–Trinajstić information content (AvgIpc) is 2.78. The molecule has 6 heteroatoms. The van der Waals surface area contributed by atoms with Gasteiger partial charge in [-0.15, -0.1) is 11.8 Å². The van der Waals surface area contributed by atoms with Gasteiger partial charge in [-0.1, -0.05) is 17.7 Å². The molecule has 2 rings (SSSR count). The Morgan fingerprint density at radius 2 is 1.88 bits per heavy atom. The molecular formula is C11H16N2O2S2. The molecule has 94 valence electrons. The standard InChI is InChI=1S/C11H16N2O2S2/c1-8-3-5-9(6-4-8)17(14,15)11-7-10(16-2)12-13-11/h3-6,10-13H,7H2,1-2H3.